The van der Waals surface area contributed by atoms with E-state index in [1.165, 1.54) is 23.1 Å². The summed E-state index contributed by atoms with van der Waals surface area (Å²) in [4.78, 5) is 4.93. The van der Waals surface area contributed by atoms with Gasteiger partial charge < -0.3 is 5.73 Å². The average molecular weight is 329 g/mol. The van der Waals surface area contributed by atoms with Crippen molar-refractivity contribution in [1.29, 1.82) is 0 Å². The van der Waals surface area contributed by atoms with Crippen molar-refractivity contribution < 1.29 is 8.42 Å². The van der Waals surface area contributed by atoms with E-state index >= 15 is 0 Å². The predicted octanol–water partition coefficient (Wildman–Crippen LogP) is 1.94. The normalized spacial score (nSPS) is 11.6. The molecule has 8 heteroatoms. The number of nitrogens with two attached hydrogens (primary N) is 1. The van der Waals surface area contributed by atoms with Crippen LogP contribution in [0.4, 0.5) is 5.69 Å². The van der Waals surface area contributed by atoms with Crippen molar-refractivity contribution >= 4 is 38.8 Å². The first-order chi connectivity index (χ1) is 9.57. The van der Waals surface area contributed by atoms with Gasteiger partial charge in [-0.2, -0.15) is 0 Å². The SMILES string of the molecule is Nc1ccccc1SCCS(=O)(=O)NCc1cscn1. The molecule has 0 fully saturated rings. The molecule has 0 amide bonds. The molecular weight excluding hydrogens is 314 g/mol. The Kier molecular flexibility index (Phi) is 5.41. The summed E-state index contributed by atoms with van der Waals surface area (Å²) >= 11 is 2.88. The van der Waals surface area contributed by atoms with Crippen LogP contribution in [-0.4, -0.2) is 24.9 Å². The van der Waals surface area contributed by atoms with E-state index in [9.17, 15) is 8.42 Å². The first-order valence-electron chi connectivity index (χ1n) is 5.88. The average Bonchev–Trinajstić information content (AvgIpc) is 2.92. The minimum Gasteiger partial charge on any atom is -0.398 e. The minimum absolute atomic E-state index is 0.0517. The highest BCUT2D eigenvalue weighted by Gasteiger charge is 2.11. The number of anilines is 1. The molecule has 0 radical (unpaired) electrons. The van der Waals surface area contributed by atoms with Gasteiger partial charge in [-0.05, 0) is 12.1 Å². The molecule has 108 valence electrons. The van der Waals surface area contributed by atoms with Crippen LogP contribution in [0.15, 0.2) is 40.1 Å². The van der Waals surface area contributed by atoms with Crippen LogP contribution in [0.25, 0.3) is 0 Å². The molecule has 20 heavy (non-hydrogen) atoms. The van der Waals surface area contributed by atoms with Gasteiger partial charge in [0.2, 0.25) is 10.0 Å². The van der Waals surface area contributed by atoms with Crippen LogP contribution < -0.4 is 10.5 Å². The molecule has 5 nitrogen and oxygen atoms in total. The van der Waals surface area contributed by atoms with Gasteiger partial charge in [-0.3, -0.25) is 0 Å². The zero-order valence-corrected chi connectivity index (χ0v) is 13.1. The van der Waals surface area contributed by atoms with E-state index in [1.54, 1.807) is 11.6 Å². The Balaban J connectivity index is 1.79. The van der Waals surface area contributed by atoms with Gasteiger partial charge in [0.1, 0.15) is 0 Å². The van der Waals surface area contributed by atoms with E-state index < -0.39 is 10.0 Å². The van der Waals surface area contributed by atoms with Gasteiger partial charge in [0, 0.05) is 21.7 Å². The number of hydrogen-bond donors (Lipinski definition) is 2. The summed E-state index contributed by atoms with van der Waals surface area (Å²) in [6, 6.07) is 7.42. The highest BCUT2D eigenvalue weighted by molar-refractivity contribution is 8.00. The maximum absolute atomic E-state index is 11.8. The Bertz CT molecular complexity index is 642. The lowest BCUT2D eigenvalue weighted by Gasteiger charge is -2.06. The number of thiazole rings is 1. The first-order valence-corrected chi connectivity index (χ1v) is 9.46. The third-order valence-corrected chi connectivity index (χ3v) is 5.80. The van der Waals surface area contributed by atoms with Crippen molar-refractivity contribution in [1.82, 2.24) is 9.71 Å². The molecular formula is C12H15N3O2S3. The number of nitrogens with one attached hydrogen (secondary N) is 1. The Morgan fingerprint density at radius 1 is 1.35 bits per heavy atom. The minimum atomic E-state index is -3.29. The van der Waals surface area contributed by atoms with E-state index in [0.29, 0.717) is 11.4 Å². The molecule has 0 atom stereocenters. The van der Waals surface area contributed by atoms with E-state index in [1.807, 2.05) is 23.6 Å². The molecule has 0 spiro atoms. The van der Waals surface area contributed by atoms with Crippen LogP contribution in [0.3, 0.4) is 0 Å². The monoisotopic (exact) mass is 329 g/mol. The van der Waals surface area contributed by atoms with Crippen LogP contribution in [0.1, 0.15) is 5.69 Å². The van der Waals surface area contributed by atoms with E-state index in [0.717, 1.165) is 10.6 Å². The van der Waals surface area contributed by atoms with Crippen LogP contribution in [-0.2, 0) is 16.6 Å². The maximum atomic E-state index is 11.8. The van der Waals surface area contributed by atoms with E-state index in [-0.39, 0.29) is 12.3 Å². The molecule has 2 rings (SSSR count). The smallest absolute Gasteiger partial charge is 0.212 e. The van der Waals surface area contributed by atoms with Crippen molar-refractivity contribution in [2.75, 3.05) is 17.2 Å². The summed E-state index contributed by atoms with van der Waals surface area (Å²) in [7, 11) is -3.29. The number of thioether (sulfide) groups is 1. The number of sulfonamides is 1. The second-order valence-electron chi connectivity index (χ2n) is 4.01. The van der Waals surface area contributed by atoms with Crippen LogP contribution >= 0.6 is 23.1 Å². The highest BCUT2D eigenvalue weighted by atomic mass is 32.2. The van der Waals surface area contributed by atoms with Crippen LogP contribution in [0, 0.1) is 0 Å². The molecule has 0 bridgehead atoms. The number of nitrogens with zero attached hydrogens (tertiary/aromatic N) is 1. The number of nitrogen functional groups attached to an aromatic ring is 1. The number of rotatable bonds is 7. The molecule has 0 aliphatic heterocycles. The van der Waals surface area contributed by atoms with Gasteiger partial charge in [-0.25, -0.2) is 18.1 Å². The molecule has 0 unspecified atom stereocenters. The van der Waals surface area contributed by atoms with Gasteiger partial charge in [0.15, 0.2) is 0 Å². The molecule has 1 aromatic carbocycles. The fourth-order valence-corrected chi connectivity index (χ4v) is 4.37. The summed E-state index contributed by atoms with van der Waals surface area (Å²) in [6.45, 7) is 0.240. The molecule has 2 aromatic rings. The quantitative estimate of drug-likeness (QED) is 0.599. The summed E-state index contributed by atoms with van der Waals surface area (Å²) in [6.07, 6.45) is 0. The third kappa shape index (κ3) is 4.78. The Hall–Kier alpha value is -1.09. The molecule has 3 N–H and O–H groups in total. The van der Waals surface area contributed by atoms with Gasteiger partial charge in [0.25, 0.3) is 0 Å². The summed E-state index contributed by atoms with van der Waals surface area (Å²) < 4.78 is 26.2. The highest BCUT2D eigenvalue weighted by Crippen LogP contribution is 2.24. The topological polar surface area (TPSA) is 85.1 Å². The molecule has 0 aliphatic carbocycles. The fraction of sp³-hybridized carbons (Fsp3) is 0.250. The predicted molar refractivity (Wildman–Crippen MR) is 84.3 cm³/mol. The maximum Gasteiger partial charge on any atom is 0.212 e. The lowest BCUT2D eigenvalue weighted by Crippen LogP contribution is -2.27. The van der Waals surface area contributed by atoms with Crippen molar-refractivity contribution in [2.24, 2.45) is 0 Å². The summed E-state index contributed by atoms with van der Waals surface area (Å²) in [5.41, 5.74) is 8.88. The lowest BCUT2D eigenvalue weighted by molar-refractivity contribution is 0.582. The zero-order valence-electron chi connectivity index (χ0n) is 10.7. The molecule has 1 aromatic heterocycles. The number of aromatic nitrogens is 1. The standard InChI is InChI=1S/C12H15N3O2S3/c13-11-3-1-2-4-12(11)19-5-6-20(16,17)15-7-10-8-18-9-14-10/h1-4,8-9,15H,5-7,13H2. The number of benzene rings is 1. The molecule has 0 saturated heterocycles. The summed E-state index contributed by atoms with van der Waals surface area (Å²) in [5, 5.41) is 1.82. The van der Waals surface area contributed by atoms with Crippen molar-refractivity contribution in [2.45, 2.75) is 11.4 Å². The van der Waals surface area contributed by atoms with E-state index in [4.69, 9.17) is 5.73 Å². The lowest BCUT2D eigenvalue weighted by atomic mass is 10.3. The Labute approximate surface area is 126 Å². The number of para-hydroxylation sites is 1. The Morgan fingerprint density at radius 2 is 2.15 bits per heavy atom. The first kappa shape index (κ1) is 15.3. The molecule has 1 heterocycles. The van der Waals surface area contributed by atoms with Crippen molar-refractivity contribution in [3.63, 3.8) is 0 Å². The molecule has 0 saturated carbocycles. The second-order valence-corrected chi connectivity index (χ2v) is 7.79. The van der Waals surface area contributed by atoms with Gasteiger partial charge >= 0.3 is 0 Å². The fourth-order valence-electron chi connectivity index (χ4n) is 1.45. The van der Waals surface area contributed by atoms with Crippen molar-refractivity contribution in [3.8, 4) is 0 Å². The van der Waals surface area contributed by atoms with Crippen LogP contribution in [0.2, 0.25) is 0 Å². The van der Waals surface area contributed by atoms with Crippen molar-refractivity contribution in [3.05, 3.63) is 40.8 Å². The van der Waals surface area contributed by atoms with Gasteiger partial charge in [-0.15, -0.1) is 23.1 Å². The van der Waals surface area contributed by atoms with Gasteiger partial charge in [-0.1, -0.05) is 12.1 Å². The van der Waals surface area contributed by atoms with E-state index in [2.05, 4.69) is 9.71 Å². The molecule has 0 aliphatic rings. The summed E-state index contributed by atoms with van der Waals surface area (Å²) in [5.74, 6) is 0.511. The zero-order chi connectivity index (χ0) is 14.4. The third-order valence-electron chi connectivity index (χ3n) is 2.49. The van der Waals surface area contributed by atoms with Gasteiger partial charge in [0.05, 0.1) is 23.5 Å². The number of hydrogen-bond acceptors (Lipinski definition) is 6. The van der Waals surface area contributed by atoms with Crippen LogP contribution in [0.5, 0.6) is 0 Å². The second kappa shape index (κ2) is 7.07. The largest absolute Gasteiger partial charge is 0.398 e. The Morgan fingerprint density at radius 3 is 2.85 bits per heavy atom.